The molecule has 3 N–H and O–H groups in total. The van der Waals surface area contributed by atoms with Crippen LogP contribution in [-0.2, 0) is 6.42 Å². The molecule has 0 unspecified atom stereocenters. The van der Waals surface area contributed by atoms with E-state index in [2.05, 4.69) is 20.6 Å². The van der Waals surface area contributed by atoms with Crippen LogP contribution in [0.25, 0.3) is 0 Å². The van der Waals surface area contributed by atoms with Gasteiger partial charge in [-0.1, -0.05) is 38.1 Å². The molecule has 1 heterocycles. The van der Waals surface area contributed by atoms with E-state index in [1.807, 2.05) is 38.1 Å². The largest absolute Gasteiger partial charge is 0.477 e. The Morgan fingerprint density at radius 2 is 2.16 bits per heavy atom. The Morgan fingerprint density at radius 3 is 2.92 bits per heavy atom. The predicted molar refractivity (Wildman–Crippen MR) is 93.4 cm³/mol. The topological polar surface area (TPSA) is 96.4 Å². The molecule has 2 aromatic rings. The number of carbonyl (C=O) groups excluding carboxylic acids is 1. The number of benzene rings is 1. The van der Waals surface area contributed by atoms with E-state index in [1.165, 1.54) is 6.33 Å². The number of anilines is 1. The van der Waals surface area contributed by atoms with Crippen LogP contribution < -0.4 is 15.4 Å². The summed E-state index contributed by atoms with van der Waals surface area (Å²) in [5.74, 6) is 1.13. The van der Waals surface area contributed by atoms with Gasteiger partial charge < -0.3 is 15.2 Å². The van der Waals surface area contributed by atoms with Crippen LogP contribution in [0, 0.1) is 5.92 Å². The normalized spacial score (nSPS) is 18.7. The number of nitrogens with one attached hydrogen (secondary N) is 2. The number of aliphatic hydroxyl groups is 1. The van der Waals surface area contributed by atoms with Gasteiger partial charge in [-0.2, -0.15) is 0 Å². The molecule has 1 aliphatic rings. The van der Waals surface area contributed by atoms with Gasteiger partial charge in [0, 0.05) is 6.07 Å². The van der Waals surface area contributed by atoms with Crippen LogP contribution >= 0.6 is 0 Å². The van der Waals surface area contributed by atoms with Crippen LogP contribution in [0.4, 0.5) is 10.6 Å². The summed E-state index contributed by atoms with van der Waals surface area (Å²) in [6.45, 7) is 4.62. The Balaban J connectivity index is 1.57. The molecule has 3 rings (SSSR count). The number of aliphatic hydroxyl groups excluding tert-OH is 1. The Morgan fingerprint density at radius 1 is 1.36 bits per heavy atom. The van der Waals surface area contributed by atoms with Crippen LogP contribution in [0.1, 0.15) is 31.1 Å². The van der Waals surface area contributed by atoms with Crippen LogP contribution in [-0.4, -0.2) is 33.8 Å². The summed E-state index contributed by atoms with van der Waals surface area (Å²) in [7, 11) is 0. The van der Waals surface area contributed by atoms with E-state index in [4.69, 9.17) is 4.74 Å². The fourth-order valence-corrected chi connectivity index (χ4v) is 2.76. The summed E-state index contributed by atoms with van der Waals surface area (Å²) >= 11 is 0. The predicted octanol–water partition coefficient (Wildman–Crippen LogP) is 2.29. The summed E-state index contributed by atoms with van der Waals surface area (Å²) in [5.41, 5.74) is 1.91. The molecule has 7 heteroatoms. The van der Waals surface area contributed by atoms with Crippen molar-refractivity contribution in [2.45, 2.75) is 32.4 Å². The van der Waals surface area contributed by atoms with E-state index in [0.29, 0.717) is 30.6 Å². The fraction of sp³-hybridized carbons (Fsp3) is 0.389. The SMILES string of the molecule is CC(C)COc1cc(NC(=O)N[C@@H]2Cc3ccccc3[C@H]2O)ncn1. The third-order valence-electron chi connectivity index (χ3n) is 3.96. The van der Waals surface area contributed by atoms with Gasteiger partial charge in [-0.3, -0.25) is 5.32 Å². The van der Waals surface area contributed by atoms with E-state index in [-0.39, 0.29) is 6.04 Å². The van der Waals surface area contributed by atoms with Crippen LogP contribution in [0.3, 0.4) is 0 Å². The van der Waals surface area contributed by atoms with Gasteiger partial charge in [-0.25, -0.2) is 14.8 Å². The van der Waals surface area contributed by atoms with Crippen molar-refractivity contribution in [3.63, 3.8) is 0 Å². The number of hydrogen-bond donors (Lipinski definition) is 3. The third-order valence-corrected chi connectivity index (χ3v) is 3.96. The van der Waals surface area contributed by atoms with Gasteiger partial charge in [0.15, 0.2) is 0 Å². The maximum absolute atomic E-state index is 12.2. The van der Waals surface area contributed by atoms with Crippen molar-refractivity contribution >= 4 is 11.8 Å². The molecule has 0 radical (unpaired) electrons. The van der Waals surface area contributed by atoms with Gasteiger partial charge in [0.25, 0.3) is 0 Å². The lowest BCUT2D eigenvalue weighted by Crippen LogP contribution is -2.40. The molecular formula is C18H22N4O3. The average molecular weight is 342 g/mol. The summed E-state index contributed by atoms with van der Waals surface area (Å²) in [4.78, 5) is 20.2. The second-order valence-electron chi connectivity index (χ2n) is 6.50. The highest BCUT2D eigenvalue weighted by Gasteiger charge is 2.31. The Hall–Kier alpha value is -2.67. The van der Waals surface area contributed by atoms with Gasteiger partial charge in [-0.05, 0) is 23.5 Å². The highest BCUT2D eigenvalue weighted by atomic mass is 16.5. The zero-order chi connectivity index (χ0) is 17.8. The smallest absolute Gasteiger partial charge is 0.320 e. The van der Waals surface area contributed by atoms with Crippen molar-refractivity contribution < 1.29 is 14.6 Å². The zero-order valence-electron chi connectivity index (χ0n) is 14.3. The minimum absolute atomic E-state index is 0.344. The molecule has 2 amide bonds. The molecular weight excluding hydrogens is 320 g/mol. The van der Waals surface area contributed by atoms with Crippen molar-refractivity contribution in [3.8, 4) is 5.88 Å². The quantitative estimate of drug-likeness (QED) is 0.775. The van der Waals surface area contributed by atoms with E-state index >= 15 is 0 Å². The van der Waals surface area contributed by atoms with E-state index in [1.54, 1.807) is 6.07 Å². The van der Waals surface area contributed by atoms with E-state index in [9.17, 15) is 9.90 Å². The van der Waals surface area contributed by atoms with Crippen LogP contribution in [0.2, 0.25) is 0 Å². The molecule has 1 aromatic carbocycles. The maximum atomic E-state index is 12.2. The minimum Gasteiger partial charge on any atom is -0.477 e. The second kappa shape index (κ2) is 7.48. The summed E-state index contributed by atoms with van der Waals surface area (Å²) in [6, 6.07) is 8.42. The van der Waals surface area contributed by atoms with E-state index < -0.39 is 12.1 Å². The highest BCUT2D eigenvalue weighted by Crippen LogP contribution is 2.31. The Kier molecular flexibility index (Phi) is 5.14. The first-order valence-electron chi connectivity index (χ1n) is 8.31. The second-order valence-corrected chi connectivity index (χ2v) is 6.50. The van der Waals surface area contributed by atoms with Crippen molar-refractivity contribution in [2.24, 2.45) is 5.92 Å². The lowest BCUT2D eigenvalue weighted by Gasteiger charge is -2.17. The average Bonchev–Trinajstić information content (AvgIpc) is 2.89. The van der Waals surface area contributed by atoms with E-state index in [0.717, 1.165) is 11.1 Å². The first-order chi connectivity index (χ1) is 12.0. The van der Waals surface area contributed by atoms with Crippen molar-refractivity contribution in [1.82, 2.24) is 15.3 Å². The number of amides is 2. The van der Waals surface area contributed by atoms with Gasteiger partial charge in [-0.15, -0.1) is 0 Å². The summed E-state index contributed by atoms with van der Waals surface area (Å²) < 4.78 is 5.52. The number of rotatable bonds is 5. The summed E-state index contributed by atoms with van der Waals surface area (Å²) in [6.07, 6.45) is 1.22. The fourth-order valence-electron chi connectivity index (χ4n) is 2.76. The van der Waals surface area contributed by atoms with Crippen molar-refractivity contribution in [2.75, 3.05) is 11.9 Å². The van der Waals surface area contributed by atoms with Crippen molar-refractivity contribution in [1.29, 1.82) is 0 Å². The molecule has 1 aromatic heterocycles. The molecule has 25 heavy (non-hydrogen) atoms. The molecule has 2 atom stereocenters. The molecule has 0 saturated heterocycles. The molecule has 132 valence electrons. The number of aromatic nitrogens is 2. The zero-order valence-corrected chi connectivity index (χ0v) is 14.3. The molecule has 0 fully saturated rings. The number of urea groups is 1. The number of fused-ring (bicyclic) bond motifs is 1. The van der Waals surface area contributed by atoms with Gasteiger partial charge in [0.1, 0.15) is 12.1 Å². The molecule has 0 saturated carbocycles. The Labute approximate surface area is 146 Å². The number of hydrogen-bond acceptors (Lipinski definition) is 5. The maximum Gasteiger partial charge on any atom is 0.320 e. The van der Waals surface area contributed by atoms with Crippen LogP contribution in [0.15, 0.2) is 36.7 Å². The van der Waals surface area contributed by atoms with Gasteiger partial charge in [0.05, 0.1) is 18.8 Å². The molecule has 1 aliphatic carbocycles. The highest BCUT2D eigenvalue weighted by molar-refractivity contribution is 5.88. The molecule has 0 aliphatic heterocycles. The van der Waals surface area contributed by atoms with Crippen molar-refractivity contribution in [3.05, 3.63) is 47.8 Å². The first-order valence-corrected chi connectivity index (χ1v) is 8.31. The molecule has 7 nitrogen and oxygen atoms in total. The lowest BCUT2D eigenvalue weighted by molar-refractivity contribution is 0.145. The van der Waals surface area contributed by atoms with Gasteiger partial charge in [0.2, 0.25) is 5.88 Å². The first kappa shape index (κ1) is 17.2. The molecule has 0 spiro atoms. The third kappa shape index (κ3) is 4.24. The minimum atomic E-state index is -0.711. The number of ether oxygens (including phenoxy) is 1. The van der Waals surface area contributed by atoms with Crippen LogP contribution in [0.5, 0.6) is 5.88 Å². The summed E-state index contributed by atoms with van der Waals surface area (Å²) in [5, 5.41) is 15.8. The molecule has 0 bridgehead atoms. The standard InChI is InChI=1S/C18H22N4O3/c1-11(2)9-25-16-8-15(19-10-20-16)22-18(24)21-14-7-12-5-3-4-6-13(12)17(14)23/h3-6,8,10-11,14,17,23H,7,9H2,1-2H3,(H2,19,20,21,22,24)/t14-,17-/m1/s1. The van der Waals surface area contributed by atoms with Gasteiger partial charge >= 0.3 is 6.03 Å². The number of carbonyl (C=O) groups is 1. The number of nitrogens with zero attached hydrogens (tertiary/aromatic N) is 2. The Bertz CT molecular complexity index is 751. The lowest BCUT2D eigenvalue weighted by atomic mass is 10.1. The monoisotopic (exact) mass is 342 g/mol.